The van der Waals surface area contributed by atoms with E-state index in [0.717, 1.165) is 11.5 Å². The second-order valence-corrected chi connectivity index (χ2v) is 7.36. The van der Waals surface area contributed by atoms with Gasteiger partial charge in [0.25, 0.3) is 5.91 Å². The minimum absolute atomic E-state index is 0.354. The Morgan fingerprint density at radius 1 is 1.24 bits per heavy atom. The fraction of sp³-hybridized carbons (Fsp3) is 0.280. The van der Waals surface area contributed by atoms with Crippen LogP contribution in [0.5, 0.6) is 0 Å². The quantitative estimate of drug-likeness (QED) is 0.466. The van der Waals surface area contributed by atoms with E-state index in [0.29, 0.717) is 48.0 Å². The van der Waals surface area contributed by atoms with Crippen LogP contribution in [0.15, 0.2) is 59.8 Å². The number of halogens is 2. The average molecular weight is 450 g/mol. The van der Waals surface area contributed by atoms with Gasteiger partial charge in [-0.2, -0.15) is 15.5 Å². The molecule has 2 heterocycles. The van der Waals surface area contributed by atoms with E-state index in [1.165, 1.54) is 17.1 Å². The van der Waals surface area contributed by atoms with Gasteiger partial charge in [0.1, 0.15) is 23.2 Å². The van der Waals surface area contributed by atoms with Crippen LogP contribution in [0, 0.1) is 23.0 Å². The maximum Gasteiger partial charge on any atom is 0.269 e. The van der Waals surface area contributed by atoms with E-state index < -0.39 is 17.7 Å². The van der Waals surface area contributed by atoms with E-state index in [9.17, 15) is 18.8 Å². The molecule has 1 aromatic heterocycles. The predicted octanol–water partition coefficient (Wildman–Crippen LogP) is 5.51. The van der Waals surface area contributed by atoms with Crippen molar-refractivity contribution >= 4 is 23.0 Å². The molecule has 0 bridgehead atoms. The highest BCUT2D eigenvalue weighted by Gasteiger charge is 2.30. The lowest BCUT2D eigenvalue weighted by atomic mass is 10.0. The van der Waals surface area contributed by atoms with Gasteiger partial charge in [0.05, 0.1) is 11.6 Å². The number of hydrogen-bond acceptors (Lipinski definition) is 4. The molecule has 1 aliphatic heterocycles. The summed E-state index contributed by atoms with van der Waals surface area (Å²) in [6.07, 6.45) is 4.82. The van der Waals surface area contributed by atoms with Crippen molar-refractivity contribution < 1.29 is 13.6 Å². The summed E-state index contributed by atoms with van der Waals surface area (Å²) in [5, 5.41) is 19.8. The standard InChI is InChI=1S/C23H19F2N5O.C2H6/c1-15(4-3-9-29-14-17-6-2-5-16(13-26)22(17)28-29)23(31)30-21(7-8-27-30)18-10-19(24)12-20(25)11-18;1-2/h2,5-6,8,10-12,14,21H,1,3-4,7,9H2;1-2H3. The third kappa shape index (κ3) is 5.32. The maximum absolute atomic E-state index is 13.6. The fourth-order valence-corrected chi connectivity index (χ4v) is 3.68. The Morgan fingerprint density at radius 2 is 1.97 bits per heavy atom. The van der Waals surface area contributed by atoms with Crippen molar-refractivity contribution in [3.05, 3.63) is 77.5 Å². The number of carbonyl (C=O) groups is 1. The van der Waals surface area contributed by atoms with E-state index in [2.05, 4.69) is 22.8 Å². The Balaban J connectivity index is 0.00000149. The molecule has 1 aliphatic rings. The zero-order chi connectivity index (χ0) is 24.0. The van der Waals surface area contributed by atoms with Crippen molar-refractivity contribution in [3.63, 3.8) is 0 Å². The highest BCUT2D eigenvalue weighted by molar-refractivity contribution is 5.94. The molecule has 170 valence electrons. The summed E-state index contributed by atoms with van der Waals surface area (Å²) in [7, 11) is 0. The highest BCUT2D eigenvalue weighted by Crippen LogP contribution is 2.31. The van der Waals surface area contributed by atoms with Gasteiger partial charge >= 0.3 is 0 Å². The number of aryl methyl sites for hydroxylation is 1. The molecule has 1 amide bonds. The van der Waals surface area contributed by atoms with E-state index in [4.69, 9.17) is 0 Å². The van der Waals surface area contributed by atoms with Crippen molar-refractivity contribution in [1.82, 2.24) is 14.8 Å². The van der Waals surface area contributed by atoms with Crippen LogP contribution in [0.25, 0.3) is 10.9 Å². The van der Waals surface area contributed by atoms with Gasteiger partial charge in [-0.05, 0) is 36.6 Å². The SMILES string of the molecule is C=C(CCCn1cc2cccc(C#N)c2n1)C(=O)N1N=CCC1c1cc(F)cc(F)c1.CC. The molecule has 2 aromatic carbocycles. The highest BCUT2D eigenvalue weighted by atomic mass is 19.1. The molecule has 8 heteroatoms. The van der Waals surface area contributed by atoms with Crippen molar-refractivity contribution in [2.24, 2.45) is 5.10 Å². The Morgan fingerprint density at radius 3 is 2.67 bits per heavy atom. The topological polar surface area (TPSA) is 74.3 Å². The smallest absolute Gasteiger partial charge is 0.269 e. The molecule has 33 heavy (non-hydrogen) atoms. The maximum atomic E-state index is 13.6. The van der Waals surface area contributed by atoms with Crippen molar-refractivity contribution in [1.29, 1.82) is 5.26 Å². The molecule has 3 aromatic rings. The minimum Gasteiger partial charge on any atom is -0.271 e. The lowest BCUT2D eigenvalue weighted by Crippen LogP contribution is -2.28. The first-order valence-electron chi connectivity index (χ1n) is 10.8. The molecule has 4 rings (SSSR count). The summed E-state index contributed by atoms with van der Waals surface area (Å²) in [5.74, 6) is -1.76. The first-order chi connectivity index (χ1) is 16.0. The molecular formula is C25H25F2N5O. The molecule has 0 saturated carbocycles. The van der Waals surface area contributed by atoms with Gasteiger partial charge in [0, 0.05) is 42.4 Å². The van der Waals surface area contributed by atoms with E-state index in [1.807, 2.05) is 32.2 Å². The second kappa shape index (κ2) is 10.6. The zero-order valence-corrected chi connectivity index (χ0v) is 18.6. The number of aromatic nitrogens is 2. The van der Waals surface area contributed by atoms with E-state index in [1.54, 1.807) is 17.0 Å². The molecule has 0 aliphatic carbocycles. The van der Waals surface area contributed by atoms with Crippen LogP contribution in [-0.2, 0) is 11.3 Å². The molecule has 1 atom stereocenters. The fourth-order valence-electron chi connectivity index (χ4n) is 3.68. The molecule has 0 fully saturated rings. The third-order valence-corrected chi connectivity index (χ3v) is 5.18. The van der Waals surface area contributed by atoms with Crippen LogP contribution in [0.1, 0.15) is 50.3 Å². The number of nitrogens with zero attached hydrogens (tertiary/aromatic N) is 5. The number of hydrazone groups is 1. The van der Waals surface area contributed by atoms with Gasteiger partial charge in [-0.25, -0.2) is 13.8 Å². The van der Waals surface area contributed by atoms with Crippen LogP contribution < -0.4 is 0 Å². The average Bonchev–Trinajstić information content (AvgIpc) is 3.46. The Bertz CT molecular complexity index is 1220. The number of fused-ring (bicyclic) bond motifs is 1. The summed E-state index contributed by atoms with van der Waals surface area (Å²) in [6.45, 7) is 8.43. The minimum atomic E-state index is -0.695. The number of nitriles is 1. The van der Waals surface area contributed by atoms with Gasteiger partial charge in [-0.3, -0.25) is 9.48 Å². The predicted molar refractivity (Wildman–Crippen MR) is 123 cm³/mol. The van der Waals surface area contributed by atoms with Gasteiger partial charge < -0.3 is 0 Å². The van der Waals surface area contributed by atoms with Gasteiger partial charge in [0.2, 0.25) is 0 Å². The Kier molecular flexibility index (Phi) is 7.67. The first kappa shape index (κ1) is 23.8. The largest absolute Gasteiger partial charge is 0.271 e. The first-order valence-corrected chi connectivity index (χ1v) is 10.8. The Labute approximate surface area is 191 Å². The normalized spacial score (nSPS) is 14.6. The molecule has 0 radical (unpaired) electrons. The molecule has 0 N–H and O–H groups in total. The summed E-state index contributed by atoms with van der Waals surface area (Å²) in [4.78, 5) is 12.8. The number of carbonyl (C=O) groups excluding carboxylic acids is 1. The lowest BCUT2D eigenvalue weighted by Gasteiger charge is -2.23. The van der Waals surface area contributed by atoms with Crippen LogP contribution in [-0.4, -0.2) is 26.9 Å². The van der Waals surface area contributed by atoms with Gasteiger partial charge in [-0.15, -0.1) is 0 Å². The van der Waals surface area contributed by atoms with Crippen molar-refractivity contribution in [2.75, 3.05) is 0 Å². The van der Waals surface area contributed by atoms with E-state index >= 15 is 0 Å². The van der Waals surface area contributed by atoms with Crippen LogP contribution in [0.2, 0.25) is 0 Å². The number of rotatable bonds is 6. The molecule has 0 spiro atoms. The summed E-state index contributed by atoms with van der Waals surface area (Å²) < 4.78 is 28.9. The number of hydrogen-bond donors (Lipinski definition) is 0. The second-order valence-electron chi connectivity index (χ2n) is 7.36. The van der Waals surface area contributed by atoms with Gasteiger partial charge in [-0.1, -0.05) is 32.6 Å². The Hall–Kier alpha value is -3.86. The summed E-state index contributed by atoms with van der Waals surface area (Å²) in [5.41, 5.74) is 1.88. The number of benzene rings is 2. The van der Waals surface area contributed by atoms with Crippen LogP contribution >= 0.6 is 0 Å². The molecule has 6 nitrogen and oxygen atoms in total. The monoisotopic (exact) mass is 449 g/mol. The van der Waals surface area contributed by atoms with Gasteiger partial charge in [0.15, 0.2) is 0 Å². The molecular weight excluding hydrogens is 424 g/mol. The summed E-state index contributed by atoms with van der Waals surface area (Å²) in [6, 6.07) is 10.2. The van der Waals surface area contributed by atoms with Crippen molar-refractivity contribution in [3.8, 4) is 6.07 Å². The van der Waals surface area contributed by atoms with Crippen LogP contribution in [0.3, 0.4) is 0 Å². The zero-order valence-electron chi connectivity index (χ0n) is 18.6. The molecule has 1 unspecified atom stereocenters. The van der Waals surface area contributed by atoms with Crippen molar-refractivity contribution in [2.45, 2.75) is 45.7 Å². The summed E-state index contributed by atoms with van der Waals surface area (Å²) >= 11 is 0. The lowest BCUT2D eigenvalue weighted by molar-refractivity contribution is -0.129. The number of amides is 1. The van der Waals surface area contributed by atoms with E-state index in [-0.39, 0.29) is 5.91 Å². The molecule has 0 saturated heterocycles. The van der Waals surface area contributed by atoms with Crippen LogP contribution in [0.4, 0.5) is 8.78 Å². The third-order valence-electron chi connectivity index (χ3n) is 5.18.